The fourth-order valence-electron chi connectivity index (χ4n) is 17.4. The van der Waals surface area contributed by atoms with Crippen LogP contribution in [0.5, 0.6) is 0 Å². The molecule has 0 radical (unpaired) electrons. The number of rotatable bonds is 0. The van der Waals surface area contributed by atoms with E-state index in [1.54, 1.807) is 0 Å². The summed E-state index contributed by atoms with van der Waals surface area (Å²) in [6, 6.07) is 0. The van der Waals surface area contributed by atoms with Crippen molar-refractivity contribution in [3.05, 3.63) is 0 Å². The van der Waals surface area contributed by atoms with Gasteiger partial charge in [-0.05, 0) is 233 Å². The molecule has 662 valence electrons. The number of Topliss-reactive ketones (excluding diaryl/α,β-unsaturated/α-hetero) is 5. The normalized spacial score (nSPS) is 29.0. The monoisotopic (exact) mass is 1590 g/mol. The van der Waals surface area contributed by atoms with Crippen LogP contribution in [0.3, 0.4) is 0 Å². The molecular weight excluding hydrogens is 1410 g/mol. The molecule has 6 heterocycles. The van der Waals surface area contributed by atoms with E-state index in [1.165, 1.54) is 173 Å². The van der Waals surface area contributed by atoms with Gasteiger partial charge in [0.1, 0.15) is 28.9 Å². The number of fused-ring (bicyclic) bond motifs is 6. The van der Waals surface area contributed by atoms with Crippen LogP contribution in [-0.4, -0.2) is 106 Å². The second kappa shape index (κ2) is 75.9. The van der Waals surface area contributed by atoms with Gasteiger partial charge in [0.25, 0.3) is 0 Å². The van der Waals surface area contributed by atoms with Gasteiger partial charge in [-0.2, -0.15) is 0 Å². The van der Waals surface area contributed by atoms with E-state index < -0.39 is 0 Å². The predicted molar refractivity (Wildman–Crippen MR) is 467 cm³/mol. The van der Waals surface area contributed by atoms with Crippen molar-refractivity contribution in [3.8, 4) is 0 Å². The van der Waals surface area contributed by atoms with E-state index in [2.05, 4.69) is 102 Å². The summed E-state index contributed by atoms with van der Waals surface area (Å²) in [6.07, 6.45) is 46.7. The molecule has 0 aromatic rings. The predicted octanol–water partition coefficient (Wildman–Crippen LogP) is 26.1. The molecule has 14 aliphatic carbocycles. The van der Waals surface area contributed by atoms with Crippen LogP contribution in [0, 0.1) is 88.3 Å². The molecule has 20 rings (SSSR count). The summed E-state index contributed by atoms with van der Waals surface area (Å²) < 4.78 is 28.3. The van der Waals surface area contributed by atoms with Crippen molar-refractivity contribution in [2.24, 2.45) is 88.3 Å². The van der Waals surface area contributed by atoms with Gasteiger partial charge < -0.3 is 28.4 Å². The molecule has 20 fully saturated rings. The third-order valence-electron chi connectivity index (χ3n) is 22.0. The SMILES string of the molecule is C1CCOC1.C1CCOCC1.CC.CC.CC.CC.CC.CC.CC1(C)C2CCC1C(=O)C2.CCC.CCC.CCC.CCC.CCC.O=C1C2CC3CC(C2)CC1C3.O=C1C2CC3CC(C2)CC1C3.O=C1CC2CCC1C2.O=C1CC2CCC1C2.O=C1CCCCO1.O=C1CCCCO1.O=C1CCCO1.O=C1CCCO1. The van der Waals surface area contributed by atoms with E-state index in [4.69, 9.17) is 9.47 Å². The molecule has 0 aromatic heterocycles. The van der Waals surface area contributed by atoms with E-state index >= 15 is 0 Å². The molecule has 6 unspecified atom stereocenters. The first kappa shape index (κ1) is 114. The molecule has 20 aliphatic rings. The fraction of sp³-hybridized carbons (Fsp3) is 0.907. The number of esters is 4. The highest BCUT2D eigenvalue weighted by Crippen LogP contribution is 2.56. The molecule has 0 N–H and O–H groups in total. The average molecular weight is 1590 g/mol. The zero-order valence-electron chi connectivity index (χ0n) is 77.9. The van der Waals surface area contributed by atoms with E-state index in [-0.39, 0.29) is 23.9 Å². The van der Waals surface area contributed by atoms with Crippen LogP contribution in [-0.2, 0) is 71.6 Å². The van der Waals surface area contributed by atoms with E-state index in [0.29, 0.717) is 134 Å². The number of ketones is 5. The molecule has 0 amide bonds. The van der Waals surface area contributed by atoms with Crippen molar-refractivity contribution in [2.75, 3.05) is 52.9 Å². The van der Waals surface area contributed by atoms with E-state index in [0.717, 1.165) is 126 Å². The summed E-state index contributed by atoms with van der Waals surface area (Å²) >= 11 is 0. The van der Waals surface area contributed by atoms with Crippen LogP contribution in [0.2, 0.25) is 0 Å². The van der Waals surface area contributed by atoms with Crippen molar-refractivity contribution in [3.63, 3.8) is 0 Å². The maximum Gasteiger partial charge on any atom is 0.305 e. The fourth-order valence-corrected chi connectivity index (χ4v) is 17.4. The highest BCUT2D eigenvalue weighted by Gasteiger charge is 2.53. The van der Waals surface area contributed by atoms with Crippen molar-refractivity contribution in [1.82, 2.24) is 0 Å². The Kier molecular flexibility index (Phi) is 77.5. The summed E-state index contributed by atoms with van der Waals surface area (Å²) in [6.45, 7) is 56.3. The molecule has 6 atom stereocenters. The van der Waals surface area contributed by atoms with Gasteiger partial charge in [0.15, 0.2) is 0 Å². The van der Waals surface area contributed by atoms with Gasteiger partial charge in [-0.15, -0.1) is 0 Å². The molecule has 6 saturated heterocycles. The summed E-state index contributed by atoms with van der Waals surface area (Å²) in [5.41, 5.74) is 0.344. The molecule has 0 spiro atoms. The summed E-state index contributed by atoms with van der Waals surface area (Å²) in [7, 11) is 0. The van der Waals surface area contributed by atoms with Gasteiger partial charge in [-0.1, -0.05) is 198 Å². The number of ether oxygens (including phenoxy) is 6. The number of hydrogen-bond acceptors (Lipinski definition) is 15. The molecular formula is C97H184O15. The summed E-state index contributed by atoms with van der Waals surface area (Å²) in [5.74, 6) is 12.2. The topological polar surface area (TPSA) is 209 Å². The first-order chi connectivity index (χ1) is 54.1. The van der Waals surface area contributed by atoms with Gasteiger partial charge in [-0.3, -0.25) is 43.2 Å². The van der Waals surface area contributed by atoms with Gasteiger partial charge in [0.05, 0.1) is 26.4 Å². The third kappa shape index (κ3) is 50.7. The smallest absolute Gasteiger partial charge is 0.305 e. The van der Waals surface area contributed by atoms with Crippen molar-refractivity contribution in [2.45, 2.75) is 429 Å². The first-order valence-corrected chi connectivity index (χ1v) is 47.6. The van der Waals surface area contributed by atoms with Crippen molar-refractivity contribution < 1.29 is 71.6 Å². The lowest BCUT2D eigenvalue weighted by Crippen LogP contribution is -2.45. The van der Waals surface area contributed by atoms with Crippen LogP contribution >= 0.6 is 0 Å². The lowest BCUT2D eigenvalue weighted by atomic mass is 9.56. The van der Waals surface area contributed by atoms with Gasteiger partial charge in [0, 0.05) is 113 Å². The standard InChI is InChI=1S/2C10H14O.C9H14O.2C7H10O.2C5H8O2.C5H10O.2C4H6O2.C4H8O.5C3H8.6C2H6/c2*11-10-8-2-6-1-7(4-8)5-9(10)3-6;1-9(2)6-3-4-7(9)8(10)5-6;2*8-7-4-5-1-2-6(7)3-5;2*6-5-3-1-2-4-7-5;1-2-4-6-5-3-1;2*5-4-2-1-3-6-4;1-2-4-5-3-1;5*1-3-2;6*1-2/h2*6-9H,1-5H2;6-7H,3-5H2,1-2H3;2*5-6H,1-4H2;2*1-4H2;1-5H2;2*1-3H2;1-4H2;5*3H2,1-2H3;6*1-2H3. The maximum absolute atomic E-state index is 11.6. The minimum atomic E-state index is -0.0463. The quantitative estimate of drug-likeness (QED) is 0.163. The highest BCUT2D eigenvalue weighted by molar-refractivity contribution is 5.87. The molecule has 6 aliphatic heterocycles. The van der Waals surface area contributed by atoms with Crippen LogP contribution < -0.4 is 0 Å². The maximum atomic E-state index is 11.6. The van der Waals surface area contributed by atoms with Crippen LogP contribution in [0.4, 0.5) is 0 Å². The Balaban J connectivity index is -0.000000559. The Bertz CT molecular complexity index is 2060. The Morgan fingerprint density at radius 2 is 0.509 bits per heavy atom. The Morgan fingerprint density at radius 1 is 0.259 bits per heavy atom. The van der Waals surface area contributed by atoms with Gasteiger partial charge in [-0.25, -0.2) is 0 Å². The van der Waals surface area contributed by atoms with Crippen LogP contribution in [0.25, 0.3) is 0 Å². The second-order valence-electron chi connectivity index (χ2n) is 32.4. The number of hydrogen-bond donors (Lipinski definition) is 0. The van der Waals surface area contributed by atoms with Crippen LogP contribution in [0.1, 0.15) is 429 Å². The Hall–Kier alpha value is -3.85. The number of carbonyl (C=O) groups excluding carboxylic acids is 9. The highest BCUT2D eigenvalue weighted by atomic mass is 16.5. The minimum absolute atomic E-state index is 0.0359. The lowest BCUT2D eigenvalue weighted by Gasteiger charge is -2.48. The minimum Gasteiger partial charge on any atom is -0.466 e. The van der Waals surface area contributed by atoms with E-state index in [9.17, 15) is 43.2 Å². The number of carbonyl (C=O) groups is 9. The van der Waals surface area contributed by atoms with Crippen molar-refractivity contribution in [1.29, 1.82) is 0 Å². The lowest BCUT2D eigenvalue weighted by molar-refractivity contribution is -0.147. The average Bonchev–Trinajstić information content (AvgIpc) is 1.66. The third-order valence-corrected chi connectivity index (χ3v) is 22.0. The molecule has 15 nitrogen and oxygen atoms in total. The van der Waals surface area contributed by atoms with E-state index in [1.807, 2.05) is 83.1 Å². The zero-order chi connectivity index (χ0) is 85.7. The molecule has 112 heavy (non-hydrogen) atoms. The van der Waals surface area contributed by atoms with Crippen molar-refractivity contribution >= 4 is 52.8 Å². The molecule has 0 aromatic carbocycles. The Morgan fingerprint density at radius 3 is 0.634 bits per heavy atom. The molecule has 15 heteroatoms. The summed E-state index contributed by atoms with van der Waals surface area (Å²) in [5, 5.41) is 0. The largest absolute Gasteiger partial charge is 0.466 e. The second-order valence-corrected chi connectivity index (χ2v) is 32.4. The van der Waals surface area contributed by atoms with Gasteiger partial charge in [0.2, 0.25) is 0 Å². The summed E-state index contributed by atoms with van der Waals surface area (Å²) in [4.78, 5) is 96.6. The first-order valence-electron chi connectivity index (χ1n) is 47.6. The van der Waals surface area contributed by atoms with Gasteiger partial charge >= 0.3 is 23.9 Å². The number of cyclic esters (lactones) is 4. The zero-order valence-corrected chi connectivity index (χ0v) is 77.9. The van der Waals surface area contributed by atoms with Crippen LogP contribution in [0.15, 0.2) is 0 Å². The Labute approximate surface area is 691 Å². The molecule has 14 bridgehead atoms. The molecule has 14 saturated carbocycles.